The van der Waals surface area contributed by atoms with Gasteiger partial charge in [-0.25, -0.2) is 13.4 Å². The fraction of sp³-hybridized carbons (Fsp3) is 0.346. The Morgan fingerprint density at radius 1 is 1.17 bits per heavy atom. The number of aryl methyl sites for hydroxylation is 2. The van der Waals surface area contributed by atoms with Gasteiger partial charge in [-0.3, -0.25) is 9.59 Å². The highest BCUT2D eigenvalue weighted by Crippen LogP contribution is 2.24. The van der Waals surface area contributed by atoms with Crippen LogP contribution in [0.1, 0.15) is 45.4 Å². The highest BCUT2D eigenvalue weighted by atomic mass is 32.2. The highest BCUT2D eigenvalue weighted by molar-refractivity contribution is 7.91. The van der Waals surface area contributed by atoms with E-state index in [0.717, 1.165) is 18.2 Å². The summed E-state index contributed by atoms with van der Waals surface area (Å²) in [5.74, 6) is -1.27. The molecule has 3 aromatic rings. The molecule has 0 fully saturated rings. The number of methoxy groups -OCH3 is 1. The summed E-state index contributed by atoms with van der Waals surface area (Å²) in [5, 5.41) is 11.3. The van der Waals surface area contributed by atoms with E-state index >= 15 is 0 Å². The molecule has 192 valence electrons. The lowest BCUT2D eigenvalue weighted by Gasteiger charge is -2.25. The molecule has 0 saturated heterocycles. The van der Waals surface area contributed by atoms with Crippen LogP contribution >= 0.6 is 11.3 Å². The molecule has 0 aliphatic carbocycles. The van der Waals surface area contributed by atoms with Gasteiger partial charge in [0.25, 0.3) is 5.91 Å². The lowest BCUT2D eigenvalue weighted by atomic mass is 10.1. The van der Waals surface area contributed by atoms with Crippen LogP contribution in [0, 0.1) is 6.92 Å². The zero-order valence-electron chi connectivity index (χ0n) is 21.2. The van der Waals surface area contributed by atoms with E-state index in [0.29, 0.717) is 34.2 Å². The highest BCUT2D eigenvalue weighted by Gasteiger charge is 2.26. The molecule has 1 amide bonds. The number of rotatable bonds is 12. The third kappa shape index (κ3) is 7.71. The van der Waals surface area contributed by atoms with E-state index in [9.17, 15) is 23.1 Å². The number of aliphatic hydroxyl groups is 1. The number of Topliss-reactive ketones (excluding diaryl/α,β-unsaturated/α-hetero) is 1. The SMILES string of the molecule is [2H]COc1ccc([C@@H](O)C(=O)N(CCCc2ccccc2)Cc2nc(C(=O)CS(C)(=O)=O)c(C)s2)cc1. The lowest BCUT2D eigenvalue weighted by Crippen LogP contribution is -2.35. The fourth-order valence-corrected chi connectivity index (χ4v) is 5.28. The summed E-state index contributed by atoms with van der Waals surface area (Å²) >= 11 is 1.22. The fourth-order valence-electron chi connectivity index (χ4n) is 3.70. The smallest absolute Gasteiger partial charge is 0.256 e. The second-order valence-electron chi connectivity index (χ2n) is 8.47. The van der Waals surface area contributed by atoms with Crippen LogP contribution in [0.2, 0.25) is 0 Å². The Kier molecular flexibility index (Phi) is 8.84. The van der Waals surface area contributed by atoms with Crippen LogP contribution in [-0.2, 0) is 27.6 Å². The molecule has 8 nitrogen and oxygen atoms in total. The third-order valence-corrected chi connectivity index (χ3v) is 7.21. The number of thiazole rings is 1. The van der Waals surface area contributed by atoms with Gasteiger partial charge in [-0.15, -0.1) is 11.3 Å². The Morgan fingerprint density at radius 3 is 2.50 bits per heavy atom. The van der Waals surface area contributed by atoms with Gasteiger partial charge >= 0.3 is 0 Å². The lowest BCUT2D eigenvalue weighted by molar-refractivity contribution is -0.141. The second kappa shape index (κ2) is 12.2. The monoisotopic (exact) mass is 531 g/mol. The molecule has 0 radical (unpaired) electrons. The van der Waals surface area contributed by atoms with E-state index in [1.807, 2.05) is 30.3 Å². The molecule has 0 bridgehead atoms. The minimum absolute atomic E-state index is 0.0718. The minimum Gasteiger partial charge on any atom is -0.497 e. The van der Waals surface area contributed by atoms with Gasteiger partial charge in [0.2, 0.25) is 0 Å². The summed E-state index contributed by atoms with van der Waals surface area (Å²) in [6, 6.07) is 16.2. The number of carbonyl (C=O) groups is 2. The first-order valence-corrected chi connectivity index (χ1v) is 14.1. The molecule has 0 unspecified atom stereocenters. The van der Waals surface area contributed by atoms with Crippen molar-refractivity contribution in [1.29, 1.82) is 0 Å². The number of hydrogen-bond acceptors (Lipinski definition) is 8. The van der Waals surface area contributed by atoms with Crippen molar-refractivity contribution in [3.63, 3.8) is 0 Å². The third-order valence-electron chi connectivity index (χ3n) is 5.47. The van der Waals surface area contributed by atoms with E-state index in [4.69, 9.17) is 6.11 Å². The number of aromatic nitrogens is 1. The number of hydrogen-bond donors (Lipinski definition) is 1. The van der Waals surface area contributed by atoms with E-state index in [-0.39, 0.29) is 19.3 Å². The van der Waals surface area contributed by atoms with Gasteiger partial charge in [-0.2, -0.15) is 0 Å². The van der Waals surface area contributed by atoms with E-state index in [1.165, 1.54) is 16.2 Å². The van der Waals surface area contributed by atoms with Crippen molar-refractivity contribution in [1.82, 2.24) is 9.88 Å². The molecule has 0 aliphatic rings. The summed E-state index contributed by atoms with van der Waals surface area (Å²) in [6.07, 6.45) is 0.944. The van der Waals surface area contributed by atoms with Crippen molar-refractivity contribution in [3.05, 3.63) is 81.3 Å². The zero-order chi connectivity index (χ0) is 27.0. The summed E-state index contributed by atoms with van der Waals surface area (Å²) in [7, 11) is -3.74. The van der Waals surface area contributed by atoms with Gasteiger partial charge in [0.15, 0.2) is 21.7 Å². The van der Waals surface area contributed by atoms with Gasteiger partial charge < -0.3 is 14.7 Å². The largest absolute Gasteiger partial charge is 0.497 e. The average Bonchev–Trinajstić information content (AvgIpc) is 3.23. The Labute approximate surface area is 216 Å². The van der Waals surface area contributed by atoms with E-state index in [2.05, 4.69) is 4.98 Å². The van der Waals surface area contributed by atoms with Crippen molar-refractivity contribution in [3.8, 4) is 5.75 Å². The minimum atomic E-state index is -3.50. The summed E-state index contributed by atoms with van der Waals surface area (Å²) in [5.41, 5.74) is 1.60. The maximum Gasteiger partial charge on any atom is 0.256 e. The van der Waals surface area contributed by atoms with Crippen molar-refractivity contribution < 1.29 is 29.2 Å². The van der Waals surface area contributed by atoms with Crippen LogP contribution in [0.5, 0.6) is 5.75 Å². The maximum atomic E-state index is 13.4. The van der Waals surface area contributed by atoms with Crippen LogP contribution < -0.4 is 4.74 Å². The second-order valence-corrected chi connectivity index (χ2v) is 11.9. The van der Waals surface area contributed by atoms with Crippen LogP contribution in [0.25, 0.3) is 0 Å². The van der Waals surface area contributed by atoms with Crippen LogP contribution in [-0.4, -0.2) is 60.7 Å². The zero-order valence-corrected chi connectivity index (χ0v) is 21.8. The topological polar surface area (TPSA) is 114 Å². The summed E-state index contributed by atoms with van der Waals surface area (Å²) in [4.78, 5) is 32.2. The first kappa shape index (κ1) is 26.0. The van der Waals surface area contributed by atoms with Crippen LogP contribution in [0.15, 0.2) is 54.6 Å². The molecule has 0 spiro atoms. The molecule has 0 saturated carbocycles. The molecule has 2 aromatic carbocycles. The first-order chi connectivity index (χ1) is 17.6. The predicted octanol–water partition coefficient (Wildman–Crippen LogP) is 3.38. The van der Waals surface area contributed by atoms with Crippen molar-refractivity contribution in [2.45, 2.75) is 32.4 Å². The van der Waals surface area contributed by atoms with E-state index < -0.39 is 33.4 Å². The summed E-state index contributed by atoms with van der Waals surface area (Å²) in [6.45, 7) is 2.10. The Bertz CT molecular complexity index is 1310. The van der Waals surface area contributed by atoms with E-state index in [1.54, 1.807) is 31.2 Å². The normalized spacial score (nSPS) is 12.6. The van der Waals surface area contributed by atoms with Crippen LogP contribution in [0.4, 0.5) is 0 Å². The number of sulfone groups is 1. The molecule has 0 aliphatic heterocycles. The van der Waals surface area contributed by atoms with Crippen molar-refractivity contribution in [2.24, 2.45) is 0 Å². The molecular weight excluding hydrogens is 500 g/mol. The maximum absolute atomic E-state index is 13.4. The predicted molar refractivity (Wildman–Crippen MR) is 139 cm³/mol. The number of benzene rings is 2. The number of nitrogens with zero attached hydrogens (tertiary/aromatic N) is 2. The summed E-state index contributed by atoms with van der Waals surface area (Å²) < 4.78 is 35.4. The van der Waals surface area contributed by atoms with Crippen molar-refractivity contribution >= 4 is 32.9 Å². The molecule has 3 rings (SSSR count). The molecule has 1 aromatic heterocycles. The van der Waals surface area contributed by atoms with Crippen LogP contribution in [0.3, 0.4) is 0 Å². The Morgan fingerprint density at radius 2 is 1.86 bits per heavy atom. The van der Waals surface area contributed by atoms with Gasteiger partial charge in [-0.05, 0) is 43.0 Å². The Balaban J connectivity index is 1.79. The molecule has 36 heavy (non-hydrogen) atoms. The van der Waals surface area contributed by atoms with Gasteiger partial charge in [0.05, 0.1) is 15.0 Å². The molecular formula is C26H30N2O6S2. The van der Waals surface area contributed by atoms with Gasteiger partial charge in [0.1, 0.15) is 22.2 Å². The van der Waals surface area contributed by atoms with Gasteiger partial charge in [-0.1, -0.05) is 42.5 Å². The molecule has 10 heteroatoms. The molecule has 1 N–H and O–H groups in total. The molecule has 1 atom stereocenters. The first-order valence-electron chi connectivity index (χ1n) is 12.0. The Hall–Kier alpha value is -3.08. The van der Waals surface area contributed by atoms with Crippen molar-refractivity contribution in [2.75, 3.05) is 25.6 Å². The number of ketones is 1. The number of ether oxygens (including phenoxy) is 1. The quantitative estimate of drug-likeness (QED) is 0.356. The average molecular weight is 532 g/mol. The number of carbonyl (C=O) groups excluding carboxylic acids is 2. The standard InChI is InChI=1S/C26H30N2O6S2/c1-18-24(22(29)17-36(3,32)33)27-23(35-18)16-28(15-7-10-19-8-5-4-6-9-19)26(31)25(30)20-11-13-21(34-2)14-12-20/h4-6,8-9,11-14,25,30H,7,10,15-17H2,1-3H3/t25-/m1/s1/i2D. The number of aliphatic hydroxyl groups excluding tert-OH is 1. The number of amides is 1. The molecule has 1 heterocycles. The van der Waals surface area contributed by atoms with Gasteiger partial charge in [0, 0.05) is 17.7 Å².